The normalized spacial score (nSPS) is 14.9. The van der Waals surface area contributed by atoms with Gasteiger partial charge in [-0.05, 0) is 55.0 Å². The second-order valence-corrected chi connectivity index (χ2v) is 9.34. The van der Waals surface area contributed by atoms with E-state index in [1.807, 2.05) is 31.3 Å². The van der Waals surface area contributed by atoms with Crippen LogP contribution in [0.4, 0.5) is 10.1 Å². The van der Waals surface area contributed by atoms with E-state index in [9.17, 15) is 0 Å². The molecule has 0 saturated carbocycles. The summed E-state index contributed by atoms with van der Waals surface area (Å²) in [5.41, 5.74) is 8.26. The van der Waals surface area contributed by atoms with E-state index in [1.165, 1.54) is 0 Å². The summed E-state index contributed by atoms with van der Waals surface area (Å²) in [6.45, 7) is 5.30. The Hall–Kier alpha value is -3.50. The maximum Gasteiger partial charge on any atom is 0.241 e. The van der Waals surface area contributed by atoms with Crippen molar-refractivity contribution in [2.45, 2.75) is 32.5 Å². The largest absolute Gasteiger partial charge is 0.455 e. The summed E-state index contributed by atoms with van der Waals surface area (Å²) in [5.74, 6) is 1.43. The second kappa shape index (κ2) is 12.5. The molecule has 1 aliphatic rings. The van der Waals surface area contributed by atoms with E-state index in [2.05, 4.69) is 22.3 Å². The van der Waals surface area contributed by atoms with Crippen LogP contribution in [-0.4, -0.2) is 55.7 Å². The van der Waals surface area contributed by atoms with E-state index >= 15 is 0 Å². The van der Waals surface area contributed by atoms with E-state index in [4.69, 9.17) is 30.1 Å². The van der Waals surface area contributed by atoms with Crippen LogP contribution >= 0.6 is 11.3 Å². The number of hydrogen-bond acceptors (Lipinski definition) is 9. The Bertz CT molecular complexity index is 1130. The van der Waals surface area contributed by atoms with Crippen molar-refractivity contribution in [3.05, 3.63) is 54.1 Å². The van der Waals surface area contributed by atoms with Gasteiger partial charge in [-0.15, -0.1) is 0 Å². The van der Waals surface area contributed by atoms with Gasteiger partial charge in [0.25, 0.3) is 0 Å². The zero-order chi connectivity index (χ0) is 25.3. The quantitative estimate of drug-likeness (QED) is 0.111. The van der Waals surface area contributed by atoms with Crippen molar-refractivity contribution in [3.63, 3.8) is 0 Å². The highest BCUT2D eigenvalue weighted by Gasteiger charge is 2.21. The van der Waals surface area contributed by atoms with Gasteiger partial charge in [0.05, 0.1) is 13.2 Å². The highest BCUT2D eigenvalue weighted by molar-refractivity contribution is 7.20. The molecule has 36 heavy (non-hydrogen) atoms. The number of ether oxygens (including phenoxy) is 3. The molecule has 1 atom stereocenters. The minimum absolute atomic E-state index is 0.0548. The number of amidine groups is 1. The summed E-state index contributed by atoms with van der Waals surface area (Å²) in [6, 6.07) is 15.1. The summed E-state index contributed by atoms with van der Waals surface area (Å²) < 4.78 is 17.9. The second-order valence-electron chi connectivity index (χ2n) is 8.36. The number of nitrogens with zero attached hydrogens (tertiary/aromatic N) is 3. The van der Waals surface area contributed by atoms with Gasteiger partial charge in [-0.1, -0.05) is 29.8 Å². The van der Waals surface area contributed by atoms with Crippen LogP contribution < -0.4 is 25.4 Å². The van der Waals surface area contributed by atoms with Crippen molar-refractivity contribution in [1.82, 2.24) is 4.98 Å². The molecule has 4 N–H and O–H groups in total. The Morgan fingerprint density at radius 2 is 1.78 bits per heavy atom. The van der Waals surface area contributed by atoms with Gasteiger partial charge >= 0.3 is 0 Å². The number of hydrogen-bond donors (Lipinski definition) is 3. The standard InChI is InChI=1S/C26H33N5O4S/c1-3-4-5-22(35-21-12-8-19(9-13-21)24(27)30-32)34-20-10-6-18(7-11-20)23-25(36-26(28-2)29-23)31-14-16-33-17-15-31/h6-13,22,32H,3-5,14-17H2,1-2H3,(H2,27,30)(H,28,29). The summed E-state index contributed by atoms with van der Waals surface area (Å²) in [4.78, 5) is 7.15. The summed E-state index contributed by atoms with van der Waals surface area (Å²) in [6.07, 6.45) is 2.31. The van der Waals surface area contributed by atoms with E-state index in [1.54, 1.807) is 35.6 Å². The molecule has 1 aromatic heterocycles. The van der Waals surface area contributed by atoms with Crippen LogP contribution in [0.2, 0.25) is 0 Å². The zero-order valence-corrected chi connectivity index (χ0v) is 21.5. The lowest BCUT2D eigenvalue weighted by Crippen LogP contribution is -2.35. The minimum Gasteiger partial charge on any atom is -0.455 e. The van der Waals surface area contributed by atoms with E-state index in [-0.39, 0.29) is 5.84 Å². The van der Waals surface area contributed by atoms with E-state index in [0.29, 0.717) is 11.3 Å². The first-order chi connectivity index (χ1) is 17.6. The molecule has 10 heteroatoms. The first kappa shape index (κ1) is 25.6. The molecule has 2 heterocycles. The molecular weight excluding hydrogens is 478 g/mol. The van der Waals surface area contributed by atoms with Crippen LogP contribution in [0.25, 0.3) is 11.3 Å². The highest BCUT2D eigenvalue weighted by Crippen LogP contribution is 2.39. The fraction of sp³-hybridized carbons (Fsp3) is 0.385. The number of morpholine rings is 1. The molecular formula is C26H33N5O4S. The zero-order valence-electron chi connectivity index (χ0n) is 20.6. The van der Waals surface area contributed by atoms with Crippen LogP contribution in [-0.2, 0) is 4.74 Å². The third-order valence-electron chi connectivity index (χ3n) is 5.84. The fourth-order valence-corrected chi connectivity index (χ4v) is 4.85. The van der Waals surface area contributed by atoms with Gasteiger partial charge in [-0.3, -0.25) is 0 Å². The summed E-state index contributed by atoms with van der Waals surface area (Å²) >= 11 is 1.66. The van der Waals surface area contributed by atoms with Crippen LogP contribution in [0.1, 0.15) is 31.7 Å². The molecule has 2 aromatic carbocycles. The smallest absolute Gasteiger partial charge is 0.241 e. The molecule has 0 amide bonds. The van der Waals surface area contributed by atoms with Gasteiger partial charge in [0.2, 0.25) is 6.29 Å². The lowest BCUT2D eigenvalue weighted by Gasteiger charge is -2.28. The number of benzene rings is 2. The minimum atomic E-state index is -0.440. The summed E-state index contributed by atoms with van der Waals surface area (Å²) in [5, 5.41) is 17.1. The average Bonchev–Trinajstić information content (AvgIpc) is 3.37. The molecule has 1 unspecified atom stereocenters. The number of thiazole rings is 1. The Balaban J connectivity index is 1.48. The van der Waals surface area contributed by atoms with Crippen molar-refractivity contribution in [1.29, 1.82) is 0 Å². The van der Waals surface area contributed by atoms with Crippen molar-refractivity contribution in [3.8, 4) is 22.8 Å². The molecule has 0 spiro atoms. The topological polar surface area (TPSA) is 114 Å². The molecule has 3 aromatic rings. The average molecular weight is 512 g/mol. The van der Waals surface area contributed by atoms with Crippen LogP contribution in [0, 0.1) is 0 Å². The van der Waals surface area contributed by atoms with Crippen LogP contribution in [0.5, 0.6) is 11.5 Å². The molecule has 0 aliphatic carbocycles. The van der Waals surface area contributed by atoms with Gasteiger partial charge in [0.15, 0.2) is 11.0 Å². The highest BCUT2D eigenvalue weighted by atomic mass is 32.1. The lowest BCUT2D eigenvalue weighted by atomic mass is 10.1. The summed E-state index contributed by atoms with van der Waals surface area (Å²) in [7, 11) is 1.89. The Kier molecular flexibility index (Phi) is 8.85. The number of anilines is 2. The molecule has 192 valence electrons. The fourth-order valence-electron chi connectivity index (χ4n) is 3.86. The number of rotatable bonds is 11. The third-order valence-corrected chi connectivity index (χ3v) is 6.97. The van der Waals surface area contributed by atoms with Gasteiger partial charge in [0.1, 0.15) is 22.2 Å². The first-order valence-corrected chi connectivity index (χ1v) is 13.0. The molecule has 0 radical (unpaired) electrons. The molecule has 1 fully saturated rings. The molecule has 0 bridgehead atoms. The van der Waals surface area contributed by atoms with E-state index < -0.39 is 6.29 Å². The predicted octanol–water partition coefficient (Wildman–Crippen LogP) is 4.76. The van der Waals surface area contributed by atoms with Gasteiger partial charge in [-0.25, -0.2) is 4.98 Å². The van der Waals surface area contributed by atoms with Crippen molar-refractivity contribution in [2.24, 2.45) is 10.9 Å². The number of aromatic nitrogens is 1. The van der Waals surface area contributed by atoms with Gasteiger partial charge in [0, 0.05) is 37.7 Å². The van der Waals surface area contributed by atoms with Crippen molar-refractivity contribution < 1.29 is 19.4 Å². The predicted molar refractivity (Wildman–Crippen MR) is 144 cm³/mol. The lowest BCUT2D eigenvalue weighted by molar-refractivity contribution is -0.00211. The van der Waals surface area contributed by atoms with Crippen LogP contribution in [0.15, 0.2) is 53.7 Å². The number of unbranched alkanes of at least 4 members (excludes halogenated alkanes) is 1. The van der Waals surface area contributed by atoms with Crippen molar-refractivity contribution >= 4 is 27.3 Å². The molecule has 1 aliphatic heterocycles. The van der Waals surface area contributed by atoms with E-state index in [0.717, 1.165) is 72.7 Å². The SMILES string of the molecule is CCCCC(Oc1ccc(C(N)=NO)cc1)Oc1ccc(-c2nc(NC)sc2N2CCOCC2)cc1. The maximum absolute atomic E-state index is 8.85. The monoisotopic (exact) mass is 511 g/mol. The maximum atomic E-state index is 8.85. The third kappa shape index (κ3) is 6.38. The number of nitrogens with two attached hydrogens (primary N) is 1. The van der Waals surface area contributed by atoms with Crippen LogP contribution in [0.3, 0.4) is 0 Å². The van der Waals surface area contributed by atoms with Gasteiger partial charge in [-0.2, -0.15) is 0 Å². The molecule has 1 saturated heterocycles. The molecule has 9 nitrogen and oxygen atoms in total. The van der Waals surface area contributed by atoms with Gasteiger partial charge < -0.3 is 35.4 Å². The first-order valence-electron chi connectivity index (χ1n) is 12.1. The number of oxime groups is 1. The Labute approximate surface area is 215 Å². The molecule has 4 rings (SSSR count). The number of nitrogens with one attached hydrogen (secondary N) is 1. The Morgan fingerprint density at radius 1 is 1.14 bits per heavy atom. The Morgan fingerprint density at radius 3 is 2.36 bits per heavy atom. The van der Waals surface area contributed by atoms with Crippen molar-refractivity contribution in [2.75, 3.05) is 43.6 Å².